The third-order valence-electron chi connectivity index (χ3n) is 4.30. The molecule has 0 aliphatic carbocycles. The van der Waals surface area contributed by atoms with Gasteiger partial charge in [-0.3, -0.25) is 4.79 Å². The summed E-state index contributed by atoms with van der Waals surface area (Å²) in [6.45, 7) is 1.54. The predicted octanol–water partition coefficient (Wildman–Crippen LogP) is 3.05. The second-order valence-corrected chi connectivity index (χ2v) is 7.83. The van der Waals surface area contributed by atoms with Gasteiger partial charge in [0, 0.05) is 10.0 Å². The van der Waals surface area contributed by atoms with Crippen molar-refractivity contribution in [3.8, 4) is 11.5 Å². The van der Waals surface area contributed by atoms with Crippen LogP contribution in [0.5, 0.6) is 11.5 Å². The molecule has 9 nitrogen and oxygen atoms in total. The van der Waals surface area contributed by atoms with Gasteiger partial charge in [0.2, 0.25) is 0 Å². The van der Waals surface area contributed by atoms with E-state index in [1.165, 1.54) is 20.4 Å². The zero-order valence-corrected chi connectivity index (χ0v) is 19.8. The molecular weight excluding hydrogens is 538 g/mol. The number of fused-ring (bicyclic) bond motifs is 1. The van der Waals surface area contributed by atoms with Crippen molar-refractivity contribution < 1.29 is 19.0 Å². The van der Waals surface area contributed by atoms with Crippen molar-refractivity contribution in [2.24, 2.45) is 5.10 Å². The van der Waals surface area contributed by atoms with Crippen molar-refractivity contribution in [3.05, 3.63) is 65.7 Å². The minimum absolute atomic E-state index is 0.269. The molecule has 11 heteroatoms. The van der Waals surface area contributed by atoms with Crippen molar-refractivity contribution in [3.63, 3.8) is 0 Å². The molecule has 0 fully saturated rings. The van der Waals surface area contributed by atoms with E-state index in [1.807, 2.05) is 0 Å². The highest BCUT2D eigenvalue weighted by Crippen LogP contribution is 2.42. The Bertz CT molecular complexity index is 1300. The summed E-state index contributed by atoms with van der Waals surface area (Å²) in [5.74, 6) is 0.0165. The number of aromatic amines is 1. The van der Waals surface area contributed by atoms with Crippen molar-refractivity contribution in [1.29, 1.82) is 0 Å². The van der Waals surface area contributed by atoms with Crippen LogP contribution in [-0.4, -0.2) is 42.2 Å². The number of H-pyrrole nitrogens is 1. The number of nitrogens with zero attached hydrogens (tertiary/aromatic N) is 2. The molecule has 3 aromatic rings. The Morgan fingerprint density at radius 3 is 2.58 bits per heavy atom. The Balaban J connectivity index is 2.05. The number of benzene rings is 2. The largest absolute Gasteiger partial charge is 0.493 e. The first-order valence-corrected chi connectivity index (χ1v) is 10.5. The quantitative estimate of drug-likeness (QED) is 0.370. The SMILES string of the molecule is COC(=O)[C@H](C)Oc1c(OC)cc(C=Nn2c(=O)[nH]c3ccccc3c2=O)c(Br)c1Br. The number of nitrogens with one attached hydrogen (secondary N) is 1. The van der Waals surface area contributed by atoms with Gasteiger partial charge in [-0.05, 0) is 57.0 Å². The maximum atomic E-state index is 12.6. The summed E-state index contributed by atoms with van der Waals surface area (Å²) < 4.78 is 17.4. The molecule has 1 N–H and O–H groups in total. The first-order valence-electron chi connectivity index (χ1n) is 8.87. The van der Waals surface area contributed by atoms with Gasteiger partial charge in [-0.1, -0.05) is 12.1 Å². The van der Waals surface area contributed by atoms with Crippen LogP contribution in [0.3, 0.4) is 0 Å². The van der Waals surface area contributed by atoms with E-state index in [0.29, 0.717) is 31.2 Å². The topological polar surface area (TPSA) is 112 Å². The molecule has 1 heterocycles. The summed E-state index contributed by atoms with van der Waals surface area (Å²) in [4.78, 5) is 39.2. The zero-order valence-electron chi connectivity index (χ0n) is 16.6. The van der Waals surface area contributed by atoms with Crippen LogP contribution in [0.2, 0.25) is 0 Å². The van der Waals surface area contributed by atoms with E-state index in [2.05, 4.69) is 46.7 Å². The Morgan fingerprint density at radius 1 is 1.19 bits per heavy atom. The van der Waals surface area contributed by atoms with Crippen molar-refractivity contribution in [1.82, 2.24) is 9.66 Å². The standard InChI is InChI=1S/C20H17Br2N3O6/c1-10(19(27)30-3)31-17-14(29-2)8-11(15(21)16(17)22)9-23-25-18(26)12-6-4-5-7-13(12)24-20(25)28/h4-10H,1-3H3,(H,24,28)/t10-/m0/s1. The Hall–Kier alpha value is -2.92. The number of carbonyl (C=O) groups excluding carboxylic acids is 1. The predicted molar refractivity (Wildman–Crippen MR) is 122 cm³/mol. The molecule has 3 rings (SSSR count). The highest BCUT2D eigenvalue weighted by molar-refractivity contribution is 9.13. The van der Waals surface area contributed by atoms with Crippen LogP contribution in [-0.2, 0) is 9.53 Å². The highest BCUT2D eigenvalue weighted by atomic mass is 79.9. The minimum atomic E-state index is -0.878. The van der Waals surface area contributed by atoms with E-state index >= 15 is 0 Å². The lowest BCUT2D eigenvalue weighted by Crippen LogP contribution is -2.32. The zero-order chi connectivity index (χ0) is 22.7. The van der Waals surface area contributed by atoms with Crippen molar-refractivity contribution >= 4 is 54.9 Å². The van der Waals surface area contributed by atoms with Crippen LogP contribution in [0, 0.1) is 0 Å². The van der Waals surface area contributed by atoms with Gasteiger partial charge in [0.25, 0.3) is 5.56 Å². The normalized spacial score (nSPS) is 12.2. The summed E-state index contributed by atoms with van der Waals surface area (Å²) in [6, 6.07) is 8.24. The maximum absolute atomic E-state index is 12.6. The molecule has 2 aromatic carbocycles. The van der Waals surface area contributed by atoms with Crippen molar-refractivity contribution in [2.75, 3.05) is 14.2 Å². The maximum Gasteiger partial charge on any atom is 0.349 e. The second kappa shape index (κ2) is 9.48. The van der Waals surface area contributed by atoms with Crippen LogP contribution < -0.4 is 20.7 Å². The van der Waals surface area contributed by atoms with Gasteiger partial charge in [0.15, 0.2) is 17.6 Å². The van der Waals surface area contributed by atoms with Crippen LogP contribution in [0.25, 0.3) is 10.9 Å². The molecule has 0 amide bonds. The molecule has 0 saturated heterocycles. The van der Waals surface area contributed by atoms with Gasteiger partial charge >= 0.3 is 11.7 Å². The monoisotopic (exact) mass is 553 g/mol. The summed E-state index contributed by atoms with van der Waals surface area (Å²) in [5.41, 5.74) is -0.310. The number of aromatic nitrogens is 2. The summed E-state index contributed by atoms with van der Waals surface area (Å²) in [6.07, 6.45) is 0.451. The van der Waals surface area contributed by atoms with Crippen LogP contribution in [0.15, 0.2) is 54.0 Å². The number of hydrogen-bond acceptors (Lipinski definition) is 7. The van der Waals surface area contributed by atoms with Crippen LogP contribution >= 0.6 is 31.9 Å². The molecular formula is C20H17Br2N3O6. The average molecular weight is 555 g/mol. The number of halogens is 2. The van der Waals surface area contributed by atoms with E-state index in [1.54, 1.807) is 37.3 Å². The third-order valence-corrected chi connectivity index (χ3v) is 6.44. The lowest BCUT2D eigenvalue weighted by atomic mass is 10.2. The molecule has 0 bridgehead atoms. The van der Waals surface area contributed by atoms with E-state index in [9.17, 15) is 14.4 Å². The fourth-order valence-electron chi connectivity index (χ4n) is 2.73. The molecule has 0 aliphatic heterocycles. The van der Waals surface area contributed by atoms with E-state index in [-0.39, 0.29) is 5.75 Å². The van der Waals surface area contributed by atoms with E-state index < -0.39 is 23.3 Å². The van der Waals surface area contributed by atoms with Gasteiger partial charge in [-0.15, -0.1) is 4.68 Å². The fraction of sp³-hybridized carbons (Fsp3) is 0.200. The molecule has 1 atom stereocenters. The molecule has 162 valence electrons. The average Bonchev–Trinajstić information content (AvgIpc) is 2.77. The summed E-state index contributed by atoms with van der Waals surface area (Å²) in [5, 5.41) is 4.38. The first kappa shape index (κ1) is 22.8. The van der Waals surface area contributed by atoms with Gasteiger partial charge < -0.3 is 19.2 Å². The Kier molecular flexibility index (Phi) is 6.96. The van der Waals surface area contributed by atoms with E-state index in [0.717, 1.165) is 4.68 Å². The third kappa shape index (κ3) is 4.57. The smallest absolute Gasteiger partial charge is 0.349 e. The molecule has 0 spiro atoms. The lowest BCUT2D eigenvalue weighted by Gasteiger charge is -2.18. The second-order valence-electron chi connectivity index (χ2n) is 6.25. The molecule has 1 aromatic heterocycles. The number of methoxy groups -OCH3 is 2. The fourth-order valence-corrected chi connectivity index (χ4v) is 3.64. The lowest BCUT2D eigenvalue weighted by molar-refractivity contribution is -0.147. The summed E-state index contributed by atoms with van der Waals surface area (Å²) >= 11 is 6.83. The van der Waals surface area contributed by atoms with Gasteiger partial charge in [-0.2, -0.15) is 5.10 Å². The van der Waals surface area contributed by atoms with Crippen LogP contribution in [0.1, 0.15) is 12.5 Å². The minimum Gasteiger partial charge on any atom is -0.493 e. The van der Waals surface area contributed by atoms with Crippen LogP contribution in [0.4, 0.5) is 0 Å². The molecule has 31 heavy (non-hydrogen) atoms. The number of carbonyl (C=O) groups is 1. The molecule has 0 aliphatic rings. The van der Waals surface area contributed by atoms with Crippen molar-refractivity contribution in [2.45, 2.75) is 13.0 Å². The highest BCUT2D eigenvalue weighted by Gasteiger charge is 2.22. The first-order chi connectivity index (χ1) is 14.8. The van der Waals surface area contributed by atoms with E-state index in [4.69, 9.17) is 9.47 Å². The molecule has 0 saturated carbocycles. The Morgan fingerprint density at radius 2 is 1.90 bits per heavy atom. The number of ether oxygens (including phenoxy) is 3. The number of hydrogen-bond donors (Lipinski definition) is 1. The summed E-state index contributed by atoms with van der Waals surface area (Å²) in [7, 11) is 2.70. The number of esters is 1. The Labute approximate surface area is 192 Å². The van der Waals surface area contributed by atoms with Gasteiger partial charge in [0.1, 0.15) is 0 Å². The number of rotatable bonds is 6. The number of para-hydroxylation sites is 1. The molecule has 0 radical (unpaired) electrons. The van der Waals surface area contributed by atoms with Gasteiger partial charge in [-0.25, -0.2) is 9.59 Å². The van der Waals surface area contributed by atoms with Gasteiger partial charge in [0.05, 0.1) is 35.8 Å². The molecule has 0 unspecified atom stereocenters.